The number of nitrogens with zero attached hydrogens (tertiary/aromatic N) is 1. The maximum absolute atomic E-state index is 11.7. The van der Waals surface area contributed by atoms with Gasteiger partial charge in [0.25, 0.3) is 0 Å². The number of rotatable bonds is 7. The number of nitrogens with one attached hydrogen (secondary N) is 2. The van der Waals surface area contributed by atoms with Crippen molar-refractivity contribution in [3.8, 4) is 0 Å². The van der Waals surface area contributed by atoms with E-state index in [1.807, 2.05) is 33.1 Å². The Bertz CT molecular complexity index is 432. The van der Waals surface area contributed by atoms with Gasteiger partial charge in [-0.15, -0.1) is 11.3 Å². The van der Waals surface area contributed by atoms with Crippen molar-refractivity contribution < 1.29 is 9.90 Å². The number of aliphatic hydroxyl groups is 1. The van der Waals surface area contributed by atoms with E-state index in [1.54, 1.807) is 11.3 Å². The summed E-state index contributed by atoms with van der Waals surface area (Å²) in [6, 6.07) is -0.255. The Morgan fingerprint density at radius 3 is 2.80 bits per heavy atom. The molecule has 3 N–H and O–H groups in total. The van der Waals surface area contributed by atoms with E-state index in [0.717, 1.165) is 23.5 Å². The number of hydrogen-bond donors (Lipinski definition) is 3. The number of thiazole rings is 1. The molecule has 20 heavy (non-hydrogen) atoms. The maximum atomic E-state index is 11.7. The van der Waals surface area contributed by atoms with Crippen LogP contribution in [0.1, 0.15) is 50.4 Å². The van der Waals surface area contributed by atoms with Gasteiger partial charge in [0, 0.05) is 24.2 Å². The molecule has 0 aliphatic rings. The van der Waals surface area contributed by atoms with Crippen LogP contribution in [-0.4, -0.2) is 29.3 Å². The maximum Gasteiger partial charge on any atom is 0.315 e. The van der Waals surface area contributed by atoms with Gasteiger partial charge in [0.1, 0.15) is 5.01 Å². The summed E-state index contributed by atoms with van der Waals surface area (Å²) in [5.41, 5.74) is 0.898. The van der Waals surface area contributed by atoms with E-state index in [0.29, 0.717) is 6.54 Å². The summed E-state index contributed by atoms with van der Waals surface area (Å²) in [6.45, 7) is 8.67. The van der Waals surface area contributed by atoms with Crippen LogP contribution >= 0.6 is 11.3 Å². The van der Waals surface area contributed by atoms with Crippen LogP contribution in [0.5, 0.6) is 0 Å². The zero-order valence-corrected chi connectivity index (χ0v) is 13.5. The van der Waals surface area contributed by atoms with Crippen LogP contribution in [0.25, 0.3) is 0 Å². The second kappa shape index (κ2) is 7.59. The normalized spacial score (nSPS) is 13.1. The van der Waals surface area contributed by atoms with Crippen LogP contribution < -0.4 is 10.6 Å². The highest BCUT2D eigenvalue weighted by Gasteiger charge is 2.16. The van der Waals surface area contributed by atoms with Crippen LogP contribution in [0.3, 0.4) is 0 Å². The number of carbonyl (C=O) groups excluding carboxylic acids is 1. The summed E-state index contributed by atoms with van der Waals surface area (Å²) in [7, 11) is 0. The van der Waals surface area contributed by atoms with E-state index in [-0.39, 0.29) is 24.1 Å². The largest absolute Gasteiger partial charge is 0.396 e. The van der Waals surface area contributed by atoms with Gasteiger partial charge in [-0.25, -0.2) is 9.78 Å². The summed E-state index contributed by atoms with van der Waals surface area (Å²) < 4.78 is 0. The average Bonchev–Trinajstić information content (AvgIpc) is 2.81. The van der Waals surface area contributed by atoms with Crippen molar-refractivity contribution in [1.82, 2.24) is 15.6 Å². The molecule has 1 rings (SSSR count). The molecule has 1 aromatic heterocycles. The molecule has 0 aromatic carbocycles. The van der Waals surface area contributed by atoms with Crippen molar-refractivity contribution in [2.45, 2.75) is 46.6 Å². The van der Waals surface area contributed by atoms with Crippen molar-refractivity contribution in [3.05, 3.63) is 16.1 Å². The Labute approximate surface area is 124 Å². The Balaban J connectivity index is 2.24. The quantitative estimate of drug-likeness (QED) is 0.678. The lowest BCUT2D eigenvalue weighted by atomic mass is 9.89. The molecule has 114 valence electrons. The Morgan fingerprint density at radius 1 is 1.55 bits per heavy atom. The monoisotopic (exact) mass is 299 g/mol. The van der Waals surface area contributed by atoms with Crippen LogP contribution in [0.4, 0.5) is 4.79 Å². The first-order valence-electron chi connectivity index (χ1n) is 6.91. The standard InChI is InChI=1S/C14H25N3O2S/c1-10-8-20-12(16-10)11(2)17-13(19)15-7-5-6-14(3,4)9-18/h8,11,18H,5-7,9H2,1-4H3,(H2,15,17,19). The highest BCUT2D eigenvalue weighted by Crippen LogP contribution is 2.20. The molecule has 0 bridgehead atoms. The van der Waals surface area contributed by atoms with E-state index in [1.165, 1.54) is 0 Å². The lowest BCUT2D eigenvalue weighted by molar-refractivity contribution is 0.148. The van der Waals surface area contributed by atoms with E-state index >= 15 is 0 Å². The Hall–Kier alpha value is -1.14. The number of aryl methyl sites for hydroxylation is 1. The second-order valence-electron chi connectivity index (χ2n) is 5.87. The Morgan fingerprint density at radius 2 is 2.25 bits per heavy atom. The van der Waals surface area contributed by atoms with Crippen LogP contribution in [0, 0.1) is 12.3 Å². The first kappa shape index (κ1) is 16.9. The molecule has 1 aromatic rings. The molecule has 5 nitrogen and oxygen atoms in total. The first-order chi connectivity index (χ1) is 9.34. The SMILES string of the molecule is Cc1csc(C(C)NC(=O)NCCCC(C)(C)CO)n1. The Kier molecular flexibility index (Phi) is 6.42. The molecule has 0 saturated heterocycles. The summed E-state index contributed by atoms with van der Waals surface area (Å²) in [6.07, 6.45) is 1.73. The number of carbonyl (C=O) groups is 1. The van der Waals surface area contributed by atoms with E-state index in [2.05, 4.69) is 15.6 Å². The number of aliphatic hydroxyl groups excluding tert-OH is 1. The van der Waals surface area contributed by atoms with Gasteiger partial charge in [0.15, 0.2) is 0 Å². The molecule has 0 fully saturated rings. The fraction of sp³-hybridized carbons (Fsp3) is 0.714. The van der Waals surface area contributed by atoms with Crippen molar-refractivity contribution in [2.75, 3.05) is 13.2 Å². The van der Waals surface area contributed by atoms with E-state index < -0.39 is 0 Å². The van der Waals surface area contributed by atoms with E-state index in [9.17, 15) is 4.79 Å². The highest BCUT2D eigenvalue weighted by atomic mass is 32.1. The van der Waals surface area contributed by atoms with Gasteiger partial charge >= 0.3 is 6.03 Å². The molecule has 6 heteroatoms. The number of aromatic nitrogens is 1. The third kappa shape index (κ3) is 5.88. The van der Waals surface area contributed by atoms with Crippen molar-refractivity contribution in [2.24, 2.45) is 5.41 Å². The van der Waals surface area contributed by atoms with Gasteiger partial charge in [-0.2, -0.15) is 0 Å². The van der Waals surface area contributed by atoms with Gasteiger partial charge in [-0.05, 0) is 32.1 Å². The van der Waals surface area contributed by atoms with Crippen molar-refractivity contribution >= 4 is 17.4 Å². The minimum atomic E-state index is -0.174. The fourth-order valence-electron chi connectivity index (χ4n) is 1.73. The van der Waals surface area contributed by atoms with E-state index in [4.69, 9.17) is 5.11 Å². The lowest BCUT2D eigenvalue weighted by Crippen LogP contribution is -2.37. The fourth-order valence-corrected chi connectivity index (χ4v) is 2.53. The van der Waals surface area contributed by atoms with Crippen LogP contribution in [-0.2, 0) is 0 Å². The van der Waals surface area contributed by atoms with Crippen molar-refractivity contribution in [1.29, 1.82) is 0 Å². The molecule has 0 aliphatic heterocycles. The predicted molar refractivity (Wildman–Crippen MR) is 81.9 cm³/mol. The van der Waals surface area contributed by atoms with Gasteiger partial charge in [0.2, 0.25) is 0 Å². The molecule has 0 spiro atoms. The topological polar surface area (TPSA) is 74.2 Å². The minimum Gasteiger partial charge on any atom is -0.396 e. The number of urea groups is 1. The van der Waals surface area contributed by atoms with Crippen LogP contribution in [0.2, 0.25) is 0 Å². The molecule has 1 atom stereocenters. The molecule has 0 radical (unpaired) electrons. The minimum absolute atomic E-state index is 0.0795. The summed E-state index contributed by atoms with van der Waals surface area (Å²) >= 11 is 1.55. The third-order valence-corrected chi connectivity index (χ3v) is 4.24. The molecule has 1 heterocycles. The average molecular weight is 299 g/mol. The molecule has 1 unspecified atom stereocenters. The van der Waals surface area contributed by atoms with Crippen molar-refractivity contribution in [3.63, 3.8) is 0 Å². The van der Waals surface area contributed by atoms with Gasteiger partial charge in [-0.3, -0.25) is 0 Å². The zero-order chi connectivity index (χ0) is 15.2. The molecule has 2 amide bonds. The first-order valence-corrected chi connectivity index (χ1v) is 7.79. The number of hydrogen-bond acceptors (Lipinski definition) is 4. The molecule has 0 aliphatic carbocycles. The molecular formula is C14H25N3O2S. The number of amides is 2. The van der Waals surface area contributed by atoms with Crippen LogP contribution in [0.15, 0.2) is 5.38 Å². The molecule has 0 saturated carbocycles. The van der Waals surface area contributed by atoms with Gasteiger partial charge in [-0.1, -0.05) is 13.8 Å². The van der Waals surface area contributed by atoms with Gasteiger partial charge in [0.05, 0.1) is 6.04 Å². The predicted octanol–water partition coefficient (Wildman–Crippen LogP) is 2.61. The summed E-state index contributed by atoms with van der Waals surface area (Å²) in [5, 5.41) is 17.7. The highest BCUT2D eigenvalue weighted by molar-refractivity contribution is 7.09. The third-order valence-electron chi connectivity index (χ3n) is 3.10. The zero-order valence-electron chi connectivity index (χ0n) is 12.7. The molecular weight excluding hydrogens is 274 g/mol. The summed E-state index contributed by atoms with van der Waals surface area (Å²) in [4.78, 5) is 16.1. The summed E-state index contributed by atoms with van der Waals surface area (Å²) in [5.74, 6) is 0. The lowest BCUT2D eigenvalue weighted by Gasteiger charge is -2.21. The van der Waals surface area contributed by atoms with Gasteiger partial charge < -0.3 is 15.7 Å². The second-order valence-corrected chi connectivity index (χ2v) is 6.76. The smallest absolute Gasteiger partial charge is 0.315 e.